The van der Waals surface area contributed by atoms with Gasteiger partial charge in [-0.1, -0.05) is 19.1 Å². The summed E-state index contributed by atoms with van der Waals surface area (Å²) in [5.41, 5.74) is -0.0592. The Hall–Kier alpha value is -2.60. The molecule has 1 N–H and O–H groups in total. The molecule has 1 aromatic carbocycles. The number of amides is 2. The zero-order valence-electron chi connectivity index (χ0n) is 19.5. The molecule has 0 saturated carbocycles. The van der Waals surface area contributed by atoms with E-state index in [-0.39, 0.29) is 23.8 Å². The SMILES string of the molecule is CCSc1ccc(C2C3C(=O)N(C)C(=O)C3[C@]3(C(=O)OC)CCCCN23)cc1.O=C(O)C(F)(F)F. The fourth-order valence-corrected chi connectivity index (χ4v) is 6.09. The van der Waals surface area contributed by atoms with Crippen LogP contribution >= 0.6 is 11.8 Å². The zero-order chi connectivity index (χ0) is 26.1. The third-order valence-electron chi connectivity index (χ3n) is 6.80. The molecule has 3 aliphatic rings. The first-order valence-electron chi connectivity index (χ1n) is 11.1. The van der Waals surface area contributed by atoms with Crippen molar-refractivity contribution in [2.75, 3.05) is 26.5 Å². The monoisotopic (exact) mass is 516 g/mol. The van der Waals surface area contributed by atoms with Crippen LogP contribution in [0.3, 0.4) is 0 Å². The summed E-state index contributed by atoms with van der Waals surface area (Å²) in [6.45, 7) is 2.79. The quantitative estimate of drug-likeness (QED) is 0.370. The fraction of sp³-hybridized carbons (Fsp3) is 0.565. The van der Waals surface area contributed by atoms with E-state index in [1.807, 2.05) is 12.1 Å². The molecule has 4 atom stereocenters. The van der Waals surface area contributed by atoms with E-state index in [0.717, 1.165) is 24.2 Å². The van der Waals surface area contributed by atoms with Crippen molar-refractivity contribution in [3.05, 3.63) is 29.8 Å². The molecule has 2 amide bonds. The number of carboxylic acids is 1. The number of fused-ring (bicyclic) bond motifs is 3. The van der Waals surface area contributed by atoms with E-state index < -0.39 is 29.5 Å². The van der Waals surface area contributed by atoms with Gasteiger partial charge in [-0.15, -0.1) is 11.8 Å². The number of hydrogen-bond donors (Lipinski definition) is 1. The van der Waals surface area contributed by atoms with Crippen molar-refractivity contribution in [3.8, 4) is 0 Å². The third-order valence-corrected chi connectivity index (χ3v) is 7.69. The summed E-state index contributed by atoms with van der Waals surface area (Å²) in [5.74, 6) is -3.82. The predicted molar refractivity (Wildman–Crippen MR) is 119 cm³/mol. The highest BCUT2D eigenvalue weighted by molar-refractivity contribution is 7.99. The lowest BCUT2D eigenvalue weighted by Crippen LogP contribution is -2.59. The fourth-order valence-electron chi connectivity index (χ4n) is 5.43. The molecule has 8 nitrogen and oxygen atoms in total. The number of halogens is 3. The van der Waals surface area contributed by atoms with Crippen molar-refractivity contribution < 1.29 is 42.2 Å². The smallest absolute Gasteiger partial charge is 0.475 e. The summed E-state index contributed by atoms with van der Waals surface area (Å²) in [7, 11) is 2.90. The maximum atomic E-state index is 13.1. The molecule has 3 heterocycles. The van der Waals surface area contributed by atoms with Gasteiger partial charge in [-0.2, -0.15) is 13.2 Å². The first-order valence-corrected chi connectivity index (χ1v) is 12.1. The molecule has 1 aromatic rings. The average Bonchev–Trinajstić information content (AvgIpc) is 3.25. The van der Waals surface area contributed by atoms with Crippen LogP contribution in [-0.4, -0.2) is 76.8 Å². The number of imide groups is 1. The number of alkyl halides is 3. The number of rotatable bonds is 4. The topological polar surface area (TPSA) is 104 Å². The number of carboxylic acid groups (broad SMARTS) is 1. The molecule has 0 aromatic heterocycles. The van der Waals surface area contributed by atoms with Crippen LogP contribution in [0.25, 0.3) is 0 Å². The number of aliphatic carboxylic acids is 1. The second kappa shape index (κ2) is 10.2. The number of ether oxygens (including phenoxy) is 1. The van der Waals surface area contributed by atoms with Gasteiger partial charge in [0.25, 0.3) is 0 Å². The molecule has 192 valence electrons. The normalized spacial score (nSPS) is 28.2. The van der Waals surface area contributed by atoms with E-state index in [0.29, 0.717) is 13.0 Å². The summed E-state index contributed by atoms with van der Waals surface area (Å²) in [6, 6.07) is 7.92. The van der Waals surface area contributed by atoms with Gasteiger partial charge in [0.2, 0.25) is 11.8 Å². The van der Waals surface area contributed by atoms with Gasteiger partial charge in [0.15, 0.2) is 0 Å². The first kappa shape index (κ1) is 27.0. The molecule has 3 unspecified atom stereocenters. The first-order chi connectivity index (χ1) is 16.4. The molecule has 0 aliphatic carbocycles. The lowest BCUT2D eigenvalue weighted by Gasteiger charge is -2.44. The van der Waals surface area contributed by atoms with Gasteiger partial charge in [-0.25, -0.2) is 4.79 Å². The standard InChI is InChI=1S/C21H26N2O4S.C2HF3O2/c1-4-28-14-9-7-13(8-10-14)17-15-16(19(25)22(2)18(15)24)21(20(26)27-3)11-5-6-12-23(17)21;3-2(4,5)1(6)7/h7-10,15-17H,4-6,11-12H2,1-3H3;(H,6,7)/t15?,16?,17?,21-;/m0./s1. The average molecular weight is 517 g/mol. The molecular weight excluding hydrogens is 489 g/mol. The number of nitrogens with zero attached hydrogens (tertiary/aromatic N) is 2. The molecule has 0 bridgehead atoms. The minimum Gasteiger partial charge on any atom is -0.475 e. The van der Waals surface area contributed by atoms with Crippen LogP contribution in [0.1, 0.15) is 37.8 Å². The Morgan fingerprint density at radius 2 is 1.77 bits per heavy atom. The van der Waals surface area contributed by atoms with Gasteiger partial charge in [0.05, 0.1) is 18.9 Å². The molecule has 35 heavy (non-hydrogen) atoms. The van der Waals surface area contributed by atoms with E-state index >= 15 is 0 Å². The number of hydrogen-bond acceptors (Lipinski definition) is 7. The van der Waals surface area contributed by atoms with Gasteiger partial charge in [0, 0.05) is 18.0 Å². The number of methoxy groups -OCH3 is 1. The van der Waals surface area contributed by atoms with E-state index in [9.17, 15) is 27.6 Å². The number of carbonyl (C=O) groups is 4. The Bertz CT molecular complexity index is 1000. The highest BCUT2D eigenvalue weighted by Crippen LogP contribution is 2.58. The summed E-state index contributed by atoms with van der Waals surface area (Å²) >= 11 is 1.76. The van der Waals surface area contributed by atoms with Crippen LogP contribution in [-0.2, 0) is 23.9 Å². The molecule has 0 spiro atoms. The minimum atomic E-state index is -5.08. The van der Waals surface area contributed by atoms with Crippen LogP contribution in [0, 0.1) is 11.8 Å². The molecular formula is C23H27F3N2O6S. The Balaban J connectivity index is 0.000000429. The maximum absolute atomic E-state index is 13.1. The van der Waals surface area contributed by atoms with Crippen molar-refractivity contribution in [3.63, 3.8) is 0 Å². The van der Waals surface area contributed by atoms with Gasteiger partial charge in [-0.3, -0.25) is 24.2 Å². The number of esters is 1. The maximum Gasteiger partial charge on any atom is 0.490 e. The number of likely N-dealkylation sites (tertiary alicyclic amines) is 1. The summed E-state index contributed by atoms with van der Waals surface area (Å²) in [6.07, 6.45) is -2.75. The van der Waals surface area contributed by atoms with Crippen molar-refractivity contribution in [2.45, 2.75) is 48.8 Å². The van der Waals surface area contributed by atoms with Crippen molar-refractivity contribution in [1.82, 2.24) is 9.80 Å². The van der Waals surface area contributed by atoms with Crippen molar-refractivity contribution in [2.24, 2.45) is 11.8 Å². The Kier molecular flexibility index (Phi) is 7.85. The number of carbonyl (C=O) groups excluding carboxylic acids is 3. The Morgan fingerprint density at radius 1 is 1.17 bits per heavy atom. The second-order valence-electron chi connectivity index (χ2n) is 8.56. The Labute approximate surface area is 204 Å². The van der Waals surface area contributed by atoms with Crippen molar-refractivity contribution in [1.29, 1.82) is 0 Å². The van der Waals surface area contributed by atoms with Crippen LogP contribution in [0.4, 0.5) is 13.2 Å². The van der Waals surface area contributed by atoms with Gasteiger partial charge >= 0.3 is 18.1 Å². The van der Waals surface area contributed by atoms with Crippen LogP contribution in [0.5, 0.6) is 0 Å². The Morgan fingerprint density at radius 3 is 2.29 bits per heavy atom. The summed E-state index contributed by atoms with van der Waals surface area (Å²) < 4.78 is 36.9. The number of piperidine rings is 1. The largest absolute Gasteiger partial charge is 0.490 e. The van der Waals surface area contributed by atoms with Gasteiger partial charge in [0.1, 0.15) is 5.54 Å². The molecule has 3 saturated heterocycles. The zero-order valence-corrected chi connectivity index (χ0v) is 20.3. The summed E-state index contributed by atoms with van der Waals surface area (Å²) in [5, 5.41) is 7.12. The number of benzene rings is 1. The predicted octanol–water partition coefficient (Wildman–Crippen LogP) is 3.12. The molecule has 12 heteroatoms. The highest BCUT2D eigenvalue weighted by Gasteiger charge is 2.72. The number of thioether (sulfide) groups is 1. The van der Waals surface area contributed by atoms with Gasteiger partial charge in [-0.05, 0) is 49.3 Å². The van der Waals surface area contributed by atoms with E-state index in [1.54, 1.807) is 11.8 Å². The second-order valence-corrected chi connectivity index (χ2v) is 9.89. The van der Waals surface area contributed by atoms with Crippen LogP contribution in [0.15, 0.2) is 29.2 Å². The lowest BCUT2D eigenvalue weighted by atomic mass is 9.75. The third kappa shape index (κ3) is 4.65. The van der Waals surface area contributed by atoms with Crippen molar-refractivity contribution >= 4 is 35.5 Å². The molecule has 3 fully saturated rings. The lowest BCUT2D eigenvalue weighted by molar-refractivity contribution is -0.192. The molecule has 3 aliphatic heterocycles. The summed E-state index contributed by atoms with van der Waals surface area (Å²) in [4.78, 5) is 52.5. The molecule has 0 radical (unpaired) electrons. The highest BCUT2D eigenvalue weighted by atomic mass is 32.2. The van der Waals surface area contributed by atoms with Crippen LogP contribution < -0.4 is 0 Å². The van der Waals surface area contributed by atoms with Crippen LogP contribution in [0.2, 0.25) is 0 Å². The van der Waals surface area contributed by atoms with E-state index in [2.05, 4.69) is 24.0 Å². The van der Waals surface area contributed by atoms with E-state index in [1.165, 1.54) is 24.0 Å². The minimum absolute atomic E-state index is 0.190. The van der Waals surface area contributed by atoms with E-state index in [4.69, 9.17) is 14.6 Å². The molecule has 4 rings (SSSR count). The van der Waals surface area contributed by atoms with Gasteiger partial charge < -0.3 is 9.84 Å².